The first-order valence-corrected chi connectivity index (χ1v) is 5.86. The summed E-state index contributed by atoms with van der Waals surface area (Å²) < 4.78 is 0. The van der Waals surface area contributed by atoms with Crippen molar-refractivity contribution in [3.8, 4) is 0 Å². The van der Waals surface area contributed by atoms with Gasteiger partial charge in [0.05, 0.1) is 5.75 Å². The molecule has 5 heteroatoms. The summed E-state index contributed by atoms with van der Waals surface area (Å²) in [6, 6.07) is 4.04. The molecule has 1 fully saturated rings. The van der Waals surface area contributed by atoms with Gasteiger partial charge in [-0.05, 0) is 25.0 Å². The minimum absolute atomic E-state index is 0.0966. The number of nitrogens with zero attached hydrogens (tertiary/aromatic N) is 1. The molecule has 1 aliphatic rings. The lowest BCUT2D eigenvalue weighted by Gasteiger charge is -2.02. The van der Waals surface area contributed by atoms with E-state index in [2.05, 4.69) is 10.3 Å². The first kappa shape index (κ1) is 10.3. The van der Waals surface area contributed by atoms with Crippen LogP contribution in [0.2, 0.25) is 0 Å². The molecule has 1 aliphatic carbocycles. The fourth-order valence-corrected chi connectivity index (χ4v) is 1.80. The molecule has 0 spiro atoms. The Morgan fingerprint density at radius 2 is 2.40 bits per heavy atom. The molecule has 15 heavy (non-hydrogen) atoms. The predicted octanol–water partition coefficient (Wildman–Crippen LogP) is 1.03. The van der Waals surface area contributed by atoms with Crippen LogP contribution in [0.5, 0.6) is 0 Å². The lowest BCUT2D eigenvalue weighted by molar-refractivity contribution is -0.118. The average molecular weight is 223 g/mol. The molecular formula is C10H13N3OS. The van der Waals surface area contributed by atoms with Crippen LogP contribution in [0.1, 0.15) is 12.8 Å². The minimum atomic E-state index is 0.0966. The summed E-state index contributed by atoms with van der Waals surface area (Å²) in [6.07, 6.45) is 3.93. The molecule has 0 bridgehead atoms. The van der Waals surface area contributed by atoms with E-state index in [1.165, 1.54) is 11.8 Å². The summed E-state index contributed by atoms with van der Waals surface area (Å²) in [7, 11) is 0. The Labute approximate surface area is 92.6 Å². The number of amides is 1. The SMILES string of the molecule is Nc1ccc(SCC(=O)NC2CC2)cn1. The van der Waals surface area contributed by atoms with E-state index in [1.54, 1.807) is 12.3 Å². The predicted molar refractivity (Wildman–Crippen MR) is 60.5 cm³/mol. The third-order valence-corrected chi connectivity index (χ3v) is 3.05. The molecule has 0 atom stereocenters. The standard InChI is InChI=1S/C10H13N3OS/c11-9-4-3-8(5-12-9)15-6-10(14)13-7-1-2-7/h3-5,7H,1-2,6H2,(H2,11,12)(H,13,14). The molecule has 0 aliphatic heterocycles. The van der Waals surface area contributed by atoms with Gasteiger partial charge in [0.1, 0.15) is 5.82 Å². The van der Waals surface area contributed by atoms with Gasteiger partial charge in [-0.3, -0.25) is 4.79 Å². The monoisotopic (exact) mass is 223 g/mol. The van der Waals surface area contributed by atoms with Crippen LogP contribution in [-0.2, 0) is 4.79 Å². The maximum Gasteiger partial charge on any atom is 0.230 e. The van der Waals surface area contributed by atoms with Crippen molar-refractivity contribution in [2.75, 3.05) is 11.5 Å². The Kier molecular flexibility index (Phi) is 3.11. The number of aromatic nitrogens is 1. The van der Waals surface area contributed by atoms with Crippen molar-refractivity contribution in [1.29, 1.82) is 0 Å². The lowest BCUT2D eigenvalue weighted by Crippen LogP contribution is -2.26. The largest absolute Gasteiger partial charge is 0.384 e. The Morgan fingerprint density at radius 3 is 3.00 bits per heavy atom. The molecule has 0 saturated heterocycles. The van der Waals surface area contributed by atoms with Crippen molar-refractivity contribution in [2.45, 2.75) is 23.8 Å². The Balaban J connectivity index is 1.76. The summed E-state index contributed by atoms with van der Waals surface area (Å²) in [6.45, 7) is 0. The number of anilines is 1. The topological polar surface area (TPSA) is 68.0 Å². The fraction of sp³-hybridized carbons (Fsp3) is 0.400. The van der Waals surface area contributed by atoms with Crippen molar-refractivity contribution >= 4 is 23.5 Å². The highest BCUT2D eigenvalue weighted by molar-refractivity contribution is 8.00. The Morgan fingerprint density at radius 1 is 1.60 bits per heavy atom. The number of thioether (sulfide) groups is 1. The quantitative estimate of drug-likeness (QED) is 0.748. The van der Waals surface area contributed by atoms with Crippen molar-refractivity contribution in [3.63, 3.8) is 0 Å². The third-order valence-electron chi connectivity index (χ3n) is 2.07. The third kappa shape index (κ3) is 3.43. The van der Waals surface area contributed by atoms with E-state index in [9.17, 15) is 4.79 Å². The average Bonchev–Trinajstić information content (AvgIpc) is 3.01. The lowest BCUT2D eigenvalue weighted by atomic mass is 10.5. The van der Waals surface area contributed by atoms with E-state index in [1.807, 2.05) is 6.07 Å². The second-order valence-electron chi connectivity index (χ2n) is 3.55. The van der Waals surface area contributed by atoms with E-state index in [0.29, 0.717) is 17.6 Å². The fourth-order valence-electron chi connectivity index (χ4n) is 1.12. The number of nitrogen functional groups attached to an aromatic ring is 1. The molecule has 0 unspecified atom stereocenters. The molecule has 1 aromatic heterocycles. The van der Waals surface area contributed by atoms with E-state index in [0.717, 1.165) is 17.7 Å². The number of hydrogen-bond donors (Lipinski definition) is 2. The van der Waals surface area contributed by atoms with Crippen LogP contribution in [0.4, 0.5) is 5.82 Å². The maximum absolute atomic E-state index is 11.4. The number of nitrogens with two attached hydrogens (primary N) is 1. The Bertz CT molecular complexity index is 348. The van der Waals surface area contributed by atoms with E-state index >= 15 is 0 Å². The van der Waals surface area contributed by atoms with Gasteiger partial charge >= 0.3 is 0 Å². The van der Waals surface area contributed by atoms with Gasteiger partial charge in [-0.25, -0.2) is 4.98 Å². The van der Waals surface area contributed by atoms with Gasteiger partial charge in [0.2, 0.25) is 5.91 Å². The molecule has 1 heterocycles. The second-order valence-corrected chi connectivity index (χ2v) is 4.60. The molecular weight excluding hydrogens is 210 g/mol. The van der Waals surface area contributed by atoms with Crippen molar-refractivity contribution < 1.29 is 4.79 Å². The highest BCUT2D eigenvalue weighted by Gasteiger charge is 2.22. The van der Waals surface area contributed by atoms with Gasteiger partial charge in [-0.2, -0.15) is 0 Å². The summed E-state index contributed by atoms with van der Waals surface area (Å²) in [4.78, 5) is 16.3. The zero-order chi connectivity index (χ0) is 10.7. The molecule has 0 aromatic carbocycles. The number of carbonyl (C=O) groups excluding carboxylic acids is 1. The van der Waals surface area contributed by atoms with E-state index < -0.39 is 0 Å². The number of carbonyl (C=O) groups is 1. The molecule has 2 rings (SSSR count). The van der Waals surface area contributed by atoms with E-state index in [4.69, 9.17) is 5.73 Å². The summed E-state index contributed by atoms with van der Waals surface area (Å²) in [5.41, 5.74) is 5.46. The molecule has 1 amide bonds. The van der Waals surface area contributed by atoms with Crippen LogP contribution in [0.25, 0.3) is 0 Å². The highest BCUT2D eigenvalue weighted by Crippen LogP contribution is 2.20. The zero-order valence-corrected chi connectivity index (χ0v) is 9.09. The van der Waals surface area contributed by atoms with Crippen LogP contribution in [0, 0.1) is 0 Å². The van der Waals surface area contributed by atoms with Gasteiger partial charge < -0.3 is 11.1 Å². The van der Waals surface area contributed by atoms with Gasteiger partial charge in [-0.1, -0.05) is 0 Å². The molecule has 80 valence electrons. The first-order chi connectivity index (χ1) is 7.24. The van der Waals surface area contributed by atoms with Crippen LogP contribution >= 0.6 is 11.8 Å². The Hall–Kier alpha value is -1.23. The minimum Gasteiger partial charge on any atom is -0.384 e. The summed E-state index contributed by atoms with van der Waals surface area (Å²) in [5.74, 6) is 1.04. The summed E-state index contributed by atoms with van der Waals surface area (Å²) in [5, 5.41) is 2.93. The number of rotatable bonds is 4. The molecule has 3 N–H and O–H groups in total. The van der Waals surface area contributed by atoms with Gasteiger partial charge in [0.25, 0.3) is 0 Å². The van der Waals surface area contributed by atoms with Gasteiger partial charge in [-0.15, -0.1) is 11.8 Å². The number of nitrogens with one attached hydrogen (secondary N) is 1. The van der Waals surface area contributed by atoms with Crippen molar-refractivity contribution in [1.82, 2.24) is 10.3 Å². The smallest absolute Gasteiger partial charge is 0.230 e. The van der Waals surface area contributed by atoms with Crippen LogP contribution in [0.15, 0.2) is 23.2 Å². The normalized spacial score (nSPS) is 14.9. The van der Waals surface area contributed by atoms with Crippen molar-refractivity contribution in [2.24, 2.45) is 0 Å². The van der Waals surface area contributed by atoms with E-state index in [-0.39, 0.29) is 5.91 Å². The molecule has 1 saturated carbocycles. The first-order valence-electron chi connectivity index (χ1n) is 4.88. The molecule has 0 radical (unpaired) electrons. The highest BCUT2D eigenvalue weighted by atomic mass is 32.2. The molecule has 4 nitrogen and oxygen atoms in total. The van der Waals surface area contributed by atoms with Crippen molar-refractivity contribution in [3.05, 3.63) is 18.3 Å². The second kappa shape index (κ2) is 4.53. The van der Waals surface area contributed by atoms with Crippen LogP contribution in [0.3, 0.4) is 0 Å². The number of pyridine rings is 1. The van der Waals surface area contributed by atoms with Crippen LogP contribution < -0.4 is 11.1 Å². The summed E-state index contributed by atoms with van der Waals surface area (Å²) >= 11 is 1.48. The zero-order valence-electron chi connectivity index (χ0n) is 8.27. The van der Waals surface area contributed by atoms with Crippen LogP contribution in [-0.4, -0.2) is 22.7 Å². The number of hydrogen-bond acceptors (Lipinski definition) is 4. The van der Waals surface area contributed by atoms with Gasteiger partial charge in [0, 0.05) is 17.1 Å². The van der Waals surface area contributed by atoms with Gasteiger partial charge in [0.15, 0.2) is 0 Å². The maximum atomic E-state index is 11.4. The molecule has 1 aromatic rings.